The Balaban J connectivity index is 2.12. The average Bonchev–Trinajstić information content (AvgIpc) is 2.79. The van der Waals surface area contributed by atoms with E-state index < -0.39 is 0 Å². The summed E-state index contributed by atoms with van der Waals surface area (Å²) in [6, 6.07) is 9.99. The molecule has 0 saturated carbocycles. The molecule has 2 aromatic rings. The summed E-state index contributed by atoms with van der Waals surface area (Å²) in [7, 11) is 1.66. The van der Waals surface area contributed by atoms with Crippen molar-refractivity contribution in [3.8, 4) is 5.75 Å². The molecule has 0 aliphatic heterocycles. The first kappa shape index (κ1) is 15.6. The molecule has 0 N–H and O–H groups in total. The molecule has 0 spiro atoms. The van der Waals surface area contributed by atoms with Gasteiger partial charge in [0.15, 0.2) is 5.78 Å². The van der Waals surface area contributed by atoms with Crippen molar-refractivity contribution in [3.05, 3.63) is 52.8 Å². The highest BCUT2D eigenvalue weighted by Crippen LogP contribution is 2.18. The van der Waals surface area contributed by atoms with Gasteiger partial charge < -0.3 is 9.30 Å². The van der Waals surface area contributed by atoms with Gasteiger partial charge in [-0.1, -0.05) is 12.1 Å². The molecule has 21 heavy (non-hydrogen) atoms. The third kappa shape index (κ3) is 3.48. The fourth-order valence-electron chi connectivity index (χ4n) is 2.53. The highest BCUT2D eigenvalue weighted by atomic mass is 35.5. The molecule has 3 nitrogen and oxygen atoms in total. The molecule has 0 fully saturated rings. The summed E-state index contributed by atoms with van der Waals surface area (Å²) in [5, 5.41) is 0. The number of carbonyl (C=O) groups is 1. The van der Waals surface area contributed by atoms with Gasteiger partial charge in [0.2, 0.25) is 0 Å². The standard InChI is InChI=1S/C17H20ClNO2/c1-12-10-16(17(20)11-18)13(2)19(12)9-8-14-4-6-15(21-3)7-5-14/h4-7,10H,8-9,11H2,1-3H3. The molecular formula is C17H20ClNO2. The minimum atomic E-state index is -0.0135. The van der Waals surface area contributed by atoms with Crippen LogP contribution in [0.5, 0.6) is 5.75 Å². The number of benzene rings is 1. The van der Waals surface area contributed by atoms with Gasteiger partial charge in [-0.05, 0) is 44.0 Å². The maximum absolute atomic E-state index is 11.8. The van der Waals surface area contributed by atoms with Crippen LogP contribution in [0.2, 0.25) is 0 Å². The Kier molecular flexibility index (Phi) is 5.07. The van der Waals surface area contributed by atoms with Crippen molar-refractivity contribution in [1.29, 1.82) is 0 Å². The lowest BCUT2D eigenvalue weighted by Crippen LogP contribution is -2.07. The second-order valence-corrected chi connectivity index (χ2v) is 5.36. The number of nitrogens with zero attached hydrogens (tertiary/aromatic N) is 1. The minimum Gasteiger partial charge on any atom is -0.497 e. The zero-order valence-electron chi connectivity index (χ0n) is 12.6. The number of hydrogen-bond donors (Lipinski definition) is 0. The molecule has 1 heterocycles. The third-order valence-electron chi connectivity index (χ3n) is 3.78. The Morgan fingerprint density at radius 1 is 1.24 bits per heavy atom. The first-order valence-electron chi connectivity index (χ1n) is 6.95. The van der Waals surface area contributed by atoms with Crippen LogP contribution in [0, 0.1) is 13.8 Å². The van der Waals surface area contributed by atoms with Crippen LogP contribution in [0.15, 0.2) is 30.3 Å². The Labute approximate surface area is 130 Å². The minimum absolute atomic E-state index is 0.0135. The number of ether oxygens (including phenoxy) is 1. The van der Waals surface area contributed by atoms with E-state index in [-0.39, 0.29) is 11.7 Å². The lowest BCUT2D eigenvalue weighted by Gasteiger charge is -2.10. The number of rotatable bonds is 6. The molecule has 112 valence electrons. The topological polar surface area (TPSA) is 31.2 Å². The molecule has 0 bridgehead atoms. The van der Waals surface area contributed by atoms with Gasteiger partial charge in [0.05, 0.1) is 13.0 Å². The number of ketones is 1. The van der Waals surface area contributed by atoms with Gasteiger partial charge in [0.25, 0.3) is 0 Å². The van der Waals surface area contributed by atoms with Gasteiger partial charge in [-0.15, -0.1) is 11.6 Å². The van der Waals surface area contributed by atoms with Crippen molar-refractivity contribution in [2.75, 3.05) is 13.0 Å². The van der Waals surface area contributed by atoms with E-state index in [4.69, 9.17) is 16.3 Å². The number of alkyl halides is 1. The smallest absolute Gasteiger partial charge is 0.179 e. The van der Waals surface area contributed by atoms with E-state index in [9.17, 15) is 4.79 Å². The Hall–Kier alpha value is -1.74. The summed E-state index contributed by atoms with van der Waals surface area (Å²) in [6.07, 6.45) is 0.912. The average molecular weight is 306 g/mol. The predicted molar refractivity (Wildman–Crippen MR) is 85.7 cm³/mol. The van der Waals surface area contributed by atoms with Crippen molar-refractivity contribution >= 4 is 17.4 Å². The van der Waals surface area contributed by atoms with Crippen LogP contribution in [-0.2, 0) is 13.0 Å². The summed E-state index contributed by atoms with van der Waals surface area (Å²) >= 11 is 5.65. The fourth-order valence-corrected chi connectivity index (χ4v) is 2.68. The Bertz CT molecular complexity index is 629. The molecule has 0 radical (unpaired) electrons. The molecular weight excluding hydrogens is 286 g/mol. The van der Waals surface area contributed by atoms with E-state index in [2.05, 4.69) is 16.7 Å². The number of carbonyl (C=O) groups excluding carboxylic acids is 1. The lowest BCUT2D eigenvalue weighted by molar-refractivity contribution is 0.102. The summed E-state index contributed by atoms with van der Waals surface area (Å²) in [5.41, 5.74) is 4.06. The van der Waals surface area contributed by atoms with E-state index in [0.717, 1.165) is 35.7 Å². The largest absolute Gasteiger partial charge is 0.497 e. The highest BCUT2D eigenvalue weighted by molar-refractivity contribution is 6.30. The van der Waals surface area contributed by atoms with Crippen LogP contribution < -0.4 is 4.74 Å². The number of hydrogen-bond acceptors (Lipinski definition) is 2. The van der Waals surface area contributed by atoms with E-state index in [1.165, 1.54) is 5.56 Å². The molecule has 1 aromatic carbocycles. The lowest BCUT2D eigenvalue weighted by atomic mass is 10.1. The van der Waals surface area contributed by atoms with E-state index in [1.807, 2.05) is 32.0 Å². The first-order chi connectivity index (χ1) is 10.1. The summed E-state index contributed by atoms with van der Waals surface area (Å²) in [6.45, 7) is 4.84. The zero-order valence-corrected chi connectivity index (χ0v) is 13.4. The Morgan fingerprint density at radius 3 is 2.48 bits per heavy atom. The van der Waals surface area contributed by atoms with Gasteiger partial charge in [-0.25, -0.2) is 0 Å². The van der Waals surface area contributed by atoms with Gasteiger partial charge >= 0.3 is 0 Å². The van der Waals surface area contributed by atoms with Crippen molar-refractivity contribution in [1.82, 2.24) is 4.57 Å². The van der Waals surface area contributed by atoms with E-state index >= 15 is 0 Å². The maximum Gasteiger partial charge on any atom is 0.179 e. The number of aromatic nitrogens is 1. The molecule has 0 unspecified atom stereocenters. The molecule has 0 aliphatic rings. The quantitative estimate of drug-likeness (QED) is 0.601. The fraction of sp³-hybridized carbons (Fsp3) is 0.353. The molecule has 0 amide bonds. The summed E-state index contributed by atoms with van der Waals surface area (Å²) < 4.78 is 7.33. The van der Waals surface area contributed by atoms with E-state index in [1.54, 1.807) is 7.11 Å². The molecule has 0 atom stereocenters. The van der Waals surface area contributed by atoms with Gasteiger partial charge in [-0.2, -0.15) is 0 Å². The van der Waals surface area contributed by atoms with Gasteiger partial charge in [0.1, 0.15) is 5.75 Å². The van der Waals surface area contributed by atoms with Crippen LogP contribution in [0.3, 0.4) is 0 Å². The zero-order chi connectivity index (χ0) is 15.4. The monoisotopic (exact) mass is 305 g/mol. The van der Waals surface area contributed by atoms with Crippen LogP contribution in [0.1, 0.15) is 27.3 Å². The molecule has 1 aromatic heterocycles. The highest BCUT2D eigenvalue weighted by Gasteiger charge is 2.14. The SMILES string of the molecule is COc1ccc(CCn2c(C)cc(C(=O)CCl)c2C)cc1. The van der Waals surface area contributed by atoms with Crippen LogP contribution in [0.4, 0.5) is 0 Å². The Morgan fingerprint density at radius 2 is 1.90 bits per heavy atom. The summed E-state index contributed by atoms with van der Waals surface area (Å²) in [4.78, 5) is 11.8. The van der Waals surface area contributed by atoms with Gasteiger partial charge in [-0.3, -0.25) is 4.79 Å². The van der Waals surface area contributed by atoms with Crippen molar-refractivity contribution in [3.63, 3.8) is 0 Å². The van der Waals surface area contributed by atoms with Crippen molar-refractivity contribution in [2.24, 2.45) is 0 Å². The van der Waals surface area contributed by atoms with Crippen molar-refractivity contribution in [2.45, 2.75) is 26.8 Å². The number of methoxy groups -OCH3 is 1. The molecule has 0 aliphatic carbocycles. The van der Waals surface area contributed by atoms with Crippen LogP contribution in [0.25, 0.3) is 0 Å². The van der Waals surface area contributed by atoms with Gasteiger partial charge in [0, 0.05) is 23.5 Å². The van der Waals surface area contributed by atoms with Crippen LogP contribution in [-0.4, -0.2) is 23.3 Å². The first-order valence-corrected chi connectivity index (χ1v) is 7.49. The number of halogens is 1. The summed E-state index contributed by atoms with van der Waals surface area (Å²) in [5.74, 6) is 0.880. The van der Waals surface area contributed by atoms with Crippen molar-refractivity contribution < 1.29 is 9.53 Å². The van der Waals surface area contributed by atoms with E-state index in [0.29, 0.717) is 0 Å². The van der Waals surface area contributed by atoms with Crippen LogP contribution >= 0.6 is 11.6 Å². The second-order valence-electron chi connectivity index (χ2n) is 5.09. The second kappa shape index (κ2) is 6.81. The predicted octanol–water partition coefficient (Wildman–Crippen LogP) is 3.78. The maximum atomic E-state index is 11.8. The number of aryl methyl sites for hydroxylation is 2. The normalized spacial score (nSPS) is 10.7. The number of Topliss-reactive ketones (excluding diaryl/α,β-unsaturated/α-hetero) is 1. The molecule has 4 heteroatoms. The molecule has 0 saturated heterocycles. The molecule has 2 rings (SSSR count). The third-order valence-corrected chi connectivity index (χ3v) is 4.02.